The Kier molecular flexibility index (Phi) is 20.9. The maximum atomic E-state index is 2.41. The molecule has 0 aliphatic rings. The lowest BCUT2D eigenvalue weighted by Crippen LogP contribution is -2.09. The van der Waals surface area contributed by atoms with Crippen molar-refractivity contribution in [2.24, 2.45) is 0 Å². The molecule has 1 atom stereocenters. The van der Waals surface area contributed by atoms with Crippen LogP contribution in [0.2, 0.25) is 0 Å². The molecule has 4 aromatic heterocycles. The molecule has 0 saturated heterocycles. The van der Waals surface area contributed by atoms with Crippen LogP contribution < -0.4 is 14.7 Å². The fraction of sp³-hybridized carbons (Fsp3) is 0.0407. The summed E-state index contributed by atoms with van der Waals surface area (Å²) in [5.41, 5.74) is 26.9. The highest BCUT2D eigenvalue weighted by atomic mass is 15.1. The Balaban J connectivity index is 0.000000102. The minimum absolute atomic E-state index is 0.289. The first-order valence-corrected chi connectivity index (χ1v) is 44.8. The monoisotopic (exact) mass is 1670 g/mol. The van der Waals surface area contributed by atoms with Gasteiger partial charge in [0.2, 0.25) is 0 Å². The molecule has 0 bridgehead atoms. The second-order valence-corrected chi connectivity index (χ2v) is 33.7. The summed E-state index contributed by atoms with van der Waals surface area (Å²) in [6.07, 6.45) is 0. The number of fused-ring (bicyclic) bond motifs is 17. The zero-order chi connectivity index (χ0) is 87.1. The number of rotatable bonds is 13. The Labute approximate surface area is 756 Å². The van der Waals surface area contributed by atoms with Gasteiger partial charge < -0.3 is 33.0 Å². The summed E-state index contributed by atoms with van der Waals surface area (Å²) in [7, 11) is 6.38. The third-order valence-electron chi connectivity index (χ3n) is 26.3. The zero-order valence-corrected chi connectivity index (χ0v) is 72.9. The Morgan fingerprint density at radius 1 is 0.177 bits per heavy atom. The molecule has 0 saturated carbocycles. The molecular weight excluding hydrogens is 1580 g/mol. The summed E-state index contributed by atoms with van der Waals surface area (Å²) >= 11 is 0. The van der Waals surface area contributed by atoms with Crippen LogP contribution in [0.5, 0.6) is 0 Å². The van der Waals surface area contributed by atoms with Gasteiger partial charge >= 0.3 is 0 Å². The second-order valence-electron chi connectivity index (χ2n) is 33.7. The van der Waals surface area contributed by atoms with Gasteiger partial charge in [-0.3, -0.25) is 0 Å². The van der Waals surface area contributed by atoms with Crippen molar-refractivity contribution >= 4 is 164 Å². The van der Waals surface area contributed by atoms with Crippen molar-refractivity contribution in [2.45, 2.75) is 12.8 Å². The molecule has 0 radical (unpaired) electrons. The molecule has 7 heteroatoms. The van der Waals surface area contributed by atoms with E-state index in [-0.39, 0.29) is 5.92 Å². The molecule has 25 rings (SSSR count). The molecule has 4 heterocycles. The molecule has 0 amide bonds. The van der Waals surface area contributed by atoms with Gasteiger partial charge in [0, 0.05) is 126 Å². The van der Waals surface area contributed by atoms with Gasteiger partial charge in [-0.2, -0.15) is 0 Å². The van der Waals surface area contributed by atoms with E-state index in [0.717, 1.165) is 5.69 Å². The van der Waals surface area contributed by atoms with Crippen LogP contribution >= 0.6 is 0 Å². The van der Waals surface area contributed by atoms with E-state index in [1.165, 1.54) is 204 Å². The molecule has 0 unspecified atom stereocenters. The zero-order valence-electron chi connectivity index (χ0n) is 72.9. The number of hydrogen-bond donors (Lipinski definition) is 0. The van der Waals surface area contributed by atoms with Crippen LogP contribution in [0, 0.1) is 0 Å². The number of aromatic nitrogens is 4. The van der Waals surface area contributed by atoms with Crippen molar-refractivity contribution in [1.29, 1.82) is 0 Å². The van der Waals surface area contributed by atoms with Crippen molar-refractivity contribution in [3.63, 3.8) is 0 Å². The SMILES string of the molecule is CN(c1ccc(-c2ccccc2)cc1)c1ccc2c(c1)c1ccccc1n2-c1cccc2ccccc12.CN(c1ccccc1)c1ccc2c(c1)c1ccccc1n2-c1cccc2ccccc12.CN(c1ccccc1)c1ccc2c(c1)c1ccccc1n2-c1ccccc1.C[C@@H](c1ccc(-n2c3ccccc3c3ccccc32)cc1)c1cc2ccccc2c2ccccc12. The fourth-order valence-corrected chi connectivity index (χ4v) is 19.7. The smallest absolute Gasteiger partial charge is 0.0542 e. The number of nitrogens with zero attached hydrogens (tertiary/aromatic N) is 7. The van der Waals surface area contributed by atoms with Crippen LogP contribution in [0.25, 0.3) is 164 Å². The highest BCUT2D eigenvalue weighted by Crippen LogP contribution is 2.44. The second kappa shape index (κ2) is 34.3. The third-order valence-corrected chi connectivity index (χ3v) is 26.3. The van der Waals surface area contributed by atoms with Crippen molar-refractivity contribution in [1.82, 2.24) is 18.3 Å². The first kappa shape index (κ1) is 79.2. The first-order chi connectivity index (χ1) is 64.2. The van der Waals surface area contributed by atoms with Crippen molar-refractivity contribution in [3.05, 3.63) is 496 Å². The van der Waals surface area contributed by atoms with E-state index in [1.807, 2.05) is 6.07 Å². The summed E-state index contributed by atoms with van der Waals surface area (Å²) in [6.45, 7) is 2.33. The summed E-state index contributed by atoms with van der Waals surface area (Å²) in [5, 5.41) is 20.5. The van der Waals surface area contributed by atoms with Crippen LogP contribution in [0.15, 0.2) is 485 Å². The number of benzene rings is 21. The quantitative estimate of drug-likeness (QED) is 0.108. The Morgan fingerprint density at radius 2 is 0.462 bits per heavy atom. The molecule has 21 aromatic carbocycles. The Hall–Kier alpha value is -16.7. The summed E-state index contributed by atoms with van der Waals surface area (Å²) in [6, 6.07) is 174. The van der Waals surface area contributed by atoms with Gasteiger partial charge in [0.05, 0.1) is 55.5 Å². The van der Waals surface area contributed by atoms with Gasteiger partial charge in [-0.05, 0) is 218 Å². The van der Waals surface area contributed by atoms with Crippen LogP contribution in [-0.2, 0) is 0 Å². The van der Waals surface area contributed by atoms with E-state index in [0.29, 0.717) is 0 Å². The van der Waals surface area contributed by atoms with E-state index >= 15 is 0 Å². The van der Waals surface area contributed by atoms with E-state index in [9.17, 15) is 0 Å². The normalized spacial score (nSPS) is 11.7. The Morgan fingerprint density at radius 3 is 0.892 bits per heavy atom. The van der Waals surface area contributed by atoms with E-state index in [2.05, 4.69) is 540 Å². The topological polar surface area (TPSA) is 29.4 Å². The predicted molar refractivity (Wildman–Crippen MR) is 556 cm³/mol. The lowest BCUT2D eigenvalue weighted by molar-refractivity contribution is 0.933. The largest absolute Gasteiger partial charge is 0.345 e. The maximum Gasteiger partial charge on any atom is 0.0542 e. The van der Waals surface area contributed by atoms with E-state index in [4.69, 9.17) is 0 Å². The van der Waals surface area contributed by atoms with Gasteiger partial charge in [0.1, 0.15) is 0 Å². The lowest BCUT2D eigenvalue weighted by atomic mass is 9.87. The highest BCUT2D eigenvalue weighted by Gasteiger charge is 2.22. The molecule has 0 fully saturated rings. The van der Waals surface area contributed by atoms with Gasteiger partial charge in [0.25, 0.3) is 0 Å². The average Bonchev–Trinajstić information content (AvgIpc) is 1.57. The van der Waals surface area contributed by atoms with E-state index in [1.54, 1.807) is 0 Å². The molecule has 7 nitrogen and oxygen atoms in total. The minimum Gasteiger partial charge on any atom is -0.345 e. The van der Waals surface area contributed by atoms with Crippen LogP contribution in [0.3, 0.4) is 0 Å². The average molecular weight is 1670 g/mol. The van der Waals surface area contributed by atoms with Gasteiger partial charge in [-0.25, -0.2) is 0 Å². The molecule has 0 N–H and O–H groups in total. The standard InChI is InChI=1S/C35H26N2.C34H25N.C29H22N2.C25H20N2/c1-36(28-20-18-26(19-21-28)25-10-3-2-4-11-25)29-22-23-35-32(24-29)31-15-7-8-16-34(31)37(35)33-17-9-13-27-12-5-6-14-30(27)33;1-23(32-22-25-10-2-3-11-27(25)28-12-4-5-13-29(28)32)24-18-20-26(21-19-24)35-33-16-8-6-14-30(33)31-15-7-9-17-34(31)35;1-30(22-12-3-2-4-13-22)23-18-19-29-26(20-23)25-15-7-8-16-28(25)31(29)27-17-9-11-21-10-5-6-14-24(21)27;1-26(19-10-4-2-5-11-19)21-16-17-25-23(18-21)22-14-8-9-15-24(22)27(25)20-12-6-3-7-13-20/h2-24H,1H3;2-23H,1H3;2-20H,1H3;2-18H,1H3/t;23-;;/m.0../s1. The van der Waals surface area contributed by atoms with Gasteiger partial charge in [-0.1, -0.05) is 328 Å². The van der Waals surface area contributed by atoms with Crippen molar-refractivity contribution in [2.75, 3.05) is 35.8 Å². The summed E-state index contributed by atoms with van der Waals surface area (Å²) < 4.78 is 9.53. The Bertz CT molecular complexity index is 8420. The third kappa shape index (κ3) is 14.5. The summed E-state index contributed by atoms with van der Waals surface area (Å²) in [5.74, 6) is 0.289. The molecule has 0 aliphatic carbocycles. The molecule has 620 valence electrons. The number of para-hydroxylation sites is 8. The predicted octanol–water partition coefficient (Wildman–Crippen LogP) is 32.9. The van der Waals surface area contributed by atoms with Crippen LogP contribution in [0.1, 0.15) is 24.0 Å². The maximum absolute atomic E-state index is 2.41. The van der Waals surface area contributed by atoms with Gasteiger partial charge in [0.15, 0.2) is 0 Å². The molecule has 0 aliphatic heterocycles. The molecule has 25 aromatic rings. The summed E-state index contributed by atoms with van der Waals surface area (Å²) in [4.78, 5) is 6.73. The first-order valence-electron chi connectivity index (χ1n) is 44.8. The van der Waals surface area contributed by atoms with Crippen LogP contribution in [-0.4, -0.2) is 39.4 Å². The molecular formula is C123H93N7. The molecule has 0 spiro atoms. The van der Waals surface area contributed by atoms with E-state index < -0.39 is 0 Å². The lowest BCUT2D eigenvalue weighted by Gasteiger charge is -2.20. The fourth-order valence-electron chi connectivity index (χ4n) is 19.7. The van der Waals surface area contributed by atoms with Crippen LogP contribution in [0.4, 0.5) is 34.1 Å². The van der Waals surface area contributed by atoms with Gasteiger partial charge in [-0.15, -0.1) is 0 Å². The van der Waals surface area contributed by atoms with Crippen molar-refractivity contribution in [3.8, 4) is 33.9 Å². The highest BCUT2D eigenvalue weighted by molar-refractivity contribution is 6.16. The molecule has 130 heavy (non-hydrogen) atoms. The minimum atomic E-state index is 0.289. The number of anilines is 6. The number of hydrogen-bond acceptors (Lipinski definition) is 3. The van der Waals surface area contributed by atoms with Crippen molar-refractivity contribution < 1.29 is 0 Å².